The minimum Gasteiger partial charge on any atom is -0.496 e. The summed E-state index contributed by atoms with van der Waals surface area (Å²) in [6.07, 6.45) is 1.67. The van der Waals surface area contributed by atoms with E-state index in [0.29, 0.717) is 29.7 Å². The summed E-state index contributed by atoms with van der Waals surface area (Å²) in [5.41, 5.74) is 0.823. The van der Waals surface area contributed by atoms with Crippen LogP contribution in [0.5, 0.6) is 5.75 Å². The zero-order chi connectivity index (χ0) is 17.0. The first kappa shape index (κ1) is 18.2. The highest BCUT2D eigenvalue weighted by molar-refractivity contribution is 7.89. The topological polar surface area (TPSA) is 55.8 Å². The molecule has 1 fully saturated rings. The molecular weight excluding hydrogens is 314 g/mol. The van der Waals surface area contributed by atoms with Gasteiger partial charge in [-0.15, -0.1) is 0 Å². The number of aryl methyl sites for hydroxylation is 1. The number of hydrogen-bond acceptors (Lipinski definition) is 4. The molecule has 1 heterocycles. The minimum absolute atomic E-state index is 0.168. The fourth-order valence-corrected chi connectivity index (χ4v) is 4.28. The van der Waals surface area contributed by atoms with Crippen LogP contribution in [0.1, 0.15) is 32.3 Å². The smallest absolute Gasteiger partial charge is 0.243 e. The Morgan fingerprint density at radius 3 is 2.43 bits per heavy atom. The monoisotopic (exact) mass is 341 g/mol. The van der Waals surface area contributed by atoms with Gasteiger partial charge in [-0.1, -0.05) is 13.8 Å². The Hall–Kier alpha value is -1.11. The van der Waals surface area contributed by atoms with Crippen LogP contribution in [-0.4, -0.2) is 45.6 Å². The van der Waals surface area contributed by atoms with Crippen LogP contribution in [0.2, 0.25) is 0 Å². The van der Waals surface area contributed by atoms with E-state index in [4.69, 9.17) is 9.47 Å². The van der Waals surface area contributed by atoms with E-state index in [0.717, 1.165) is 25.0 Å². The maximum atomic E-state index is 12.8. The lowest BCUT2D eigenvalue weighted by Gasteiger charge is -2.31. The van der Waals surface area contributed by atoms with Crippen molar-refractivity contribution in [2.75, 3.05) is 26.8 Å². The van der Waals surface area contributed by atoms with Crippen molar-refractivity contribution in [3.05, 3.63) is 23.8 Å². The molecule has 23 heavy (non-hydrogen) atoms. The molecule has 0 amide bonds. The van der Waals surface area contributed by atoms with Gasteiger partial charge in [-0.2, -0.15) is 4.31 Å². The molecule has 0 bridgehead atoms. The predicted molar refractivity (Wildman–Crippen MR) is 90.3 cm³/mol. The van der Waals surface area contributed by atoms with Crippen LogP contribution in [0.4, 0.5) is 0 Å². The summed E-state index contributed by atoms with van der Waals surface area (Å²) in [6, 6.07) is 5.00. The fourth-order valence-electron chi connectivity index (χ4n) is 2.73. The Morgan fingerprint density at radius 2 is 1.91 bits per heavy atom. The zero-order valence-electron chi connectivity index (χ0n) is 14.4. The first-order chi connectivity index (χ1) is 10.8. The van der Waals surface area contributed by atoms with Crippen molar-refractivity contribution in [3.63, 3.8) is 0 Å². The molecule has 0 unspecified atom stereocenters. The van der Waals surface area contributed by atoms with Gasteiger partial charge in [-0.3, -0.25) is 0 Å². The molecule has 0 N–H and O–H groups in total. The molecule has 1 aliphatic heterocycles. The highest BCUT2D eigenvalue weighted by Gasteiger charge is 2.30. The third kappa shape index (κ3) is 4.46. The molecule has 130 valence electrons. The van der Waals surface area contributed by atoms with Crippen molar-refractivity contribution in [2.45, 2.75) is 44.6 Å². The van der Waals surface area contributed by atoms with Crippen LogP contribution in [-0.2, 0) is 14.8 Å². The van der Waals surface area contributed by atoms with Crippen LogP contribution in [0.15, 0.2) is 23.1 Å². The van der Waals surface area contributed by atoms with E-state index in [2.05, 4.69) is 13.8 Å². The van der Waals surface area contributed by atoms with Gasteiger partial charge >= 0.3 is 0 Å². The van der Waals surface area contributed by atoms with Crippen molar-refractivity contribution in [1.29, 1.82) is 0 Å². The Kier molecular flexibility index (Phi) is 6.06. The van der Waals surface area contributed by atoms with Gasteiger partial charge in [-0.05, 0) is 49.4 Å². The van der Waals surface area contributed by atoms with E-state index in [1.807, 2.05) is 6.92 Å². The van der Waals surface area contributed by atoms with Crippen LogP contribution in [0.3, 0.4) is 0 Å². The molecule has 0 atom stereocenters. The zero-order valence-corrected chi connectivity index (χ0v) is 15.2. The summed E-state index contributed by atoms with van der Waals surface area (Å²) in [4.78, 5) is 0.331. The molecule has 0 radical (unpaired) electrons. The summed E-state index contributed by atoms with van der Waals surface area (Å²) >= 11 is 0. The van der Waals surface area contributed by atoms with Crippen LogP contribution in [0, 0.1) is 12.8 Å². The van der Waals surface area contributed by atoms with Crippen molar-refractivity contribution in [1.82, 2.24) is 4.31 Å². The normalized spacial score (nSPS) is 17.6. The van der Waals surface area contributed by atoms with Crippen molar-refractivity contribution in [3.8, 4) is 5.75 Å². The molecule has 0 aliphatic carbocycles. The second-order valence-electron chi connectivity index (χ2n) is 6.46. The molecule has 6 heteroatoms. The number of benzene rings is 1. The second kappa shape index (κ2) is 7.64. The number of methoxy groups -OCH3 is 1. The fraction of sp³-hybridized carbons (Fsp3) is 0.647. The Morgan fingerprint density at radius 1 is 1.26 bits per heavy atom. The third-order valence-corrected chi connectivity index (χ3v) is 5.96. The summed E-state index contributed by atoms with van der Waals surface area (Å²) in [6.45, 7) is 7.84. The Labute approximate surface area is 139 Å². The van der Waals surface area contributed by atoms with Crippen molar-refractivity contribution in [2.24, 2.45) is 5.92 Å². The molecule has 0 aromatic heterocycles. The van der Waals surface area contributed by atoms with Gasteiger partial charge in [0.2, 0.25) is 10.0 Å². The lowest BCUT2D eigenvalue weighted by atomic mass is 10.1. The molecule has 0 spiro atoms. The van der Waals surface area contributed by atoms with Crippen molar-refractivity contribution >= 4 is 10.0 Å². The van der Waals surface area contributed by atoms with Gasteiger partial charge in [0.05, 0.1) is 18.1 Å². The Balaban J connectivity index is 2.03. The molecule has 0 saturated carbocycles. The third-order valence-electron chi connectivity index (χ3n) is 4.07. The SMILES string of the molecule is COc1ccc(S(=O)(=O)N2CCC(OCC(C)C)CC2)cc1C. The van der Waals surface area contributed by atoms with E-state index in [1.165, 1.54) is 0 Å². The summed E-state index contributed by atoms with van der Waals surface area (Å²) in [7, 11) is -1.86. The number of nitrogens with zero attached hydrogens (tertiary/aromatic N) is 1. The average molecular weight is 341 g/mol. The molecule has 5 nitrogen and oxygen atoms in total. The maximum absolute atomic E-state index is 12.8. The van der Waals surface area contributed by atoms with Crippen LogP contribution < -0.4 is 4.74 Å². The summed E-state index contributed by atoms with van der Waals surface area (Å²) < 4.78 is 38.1. The number of ether oxygens (including phenoxy) is 2. The quantitative estimate of drug-likeness (QED) is 0.798. The first-order valence-corrected chi connectivity index (χ1v) is 9.55. The summed E-state index contributed by atoms with van der Waals surface area (Å²) in [5.74, 6) is 1.20. The molecule has 1 saturated heterocycles. The largest absolute Gasteiger partial charge is 0.496 e. The second-order valence-corrected chi connectivity index (χ2v) is 8.40. The predicted octanol–water partition coefficient (Wildman–Crippen LogP) is 2.83. The number of piperidine rings is 1. The number of hydrogen-bond donors (Lipinski definition) is 0. The van der Waals surface area contributed by atoms with Gasteiger partial charge in [0.25, 0.3) is 0 Å². The maximum Gasteiger partial charge on any atom is 0.243 e. The highest BCUT2D eigenvalue weighted by atomic mass is 32.2. The van der Waals surface area contributed by atoms with E-state index >= 15 is 0 Å². The van der Waals surface area contributed by atoms with Gasteiger partial charge in [0.15, 0.2) is 0 Å². The number of rotatable bonds is 6. The van der Waals surface area contributed by atoms with Crippen molar-refractivity contribution < 1.29 is 17.9 Å². The van der Waals surface area contributed by atoms with E-state index in [-0.39, 0.29) is 6.10 Å². The van der Waals surface area contributed by atoms with Gasteiger partial charge < -0.3 is 9.47 Å². The van der Waals surface area contributed by atoms with Crippen LogP contribution >= 0.6 is 0 Å². The lowest BCUT2D eigenvalue weighted by molar-refractivity contribution is 0.00749. The molecule has 2 rings (SSSR count). The lowest BCUT2D eigenvalue weighted by Crippen LogP contribution is -2.41. The van der Waals surface area contributed by atoms with E-state index in [9.17, 15) is 8.42 Å². The Bertz CT molecular complexity index is 619. The minimum atomic E-state index is -3.44. The highest BCUT2D eigenvalue weighted by Crippen LogP contribution is 2.26. The molecule has 1 aromatic carbocycles. The molecule has 1 aromatic rings. The molecular formula is C17H27NO4S. The van der Waals surface area contributed by atoms with Gasteiger partial charge in [0.1, 0.15) is 5.75 Å². The van der Waals surface area contributed by atoms with Crippen LogP contribution in [0.25, 0.3) is 0 Å². The van der Waals surface area contributed by atoms with Gasteiger partial charge in [-0.25, -0.2) is 8.42 Å². The van der Waals surface area contributed by atoms with Gasteiger partial charge in [0, 0.05) is 19.7 Å². The van der Waals surface area contributed by atoms with E-state index in [1.54, 1.807) is 29.6 Å². The first-order valence-electron chi connectivity index (χ1n) is 8.11. The van der Waals surface area contributed by atoms with E-state index < -0.39 is 10.0 Å². The number of sulfonamides is 1. The molecule has 1 aliphatic rings. The standard InChI is InChI=1S/C17H27NO4S/c1-13(2)12-22-15-7-9-18(10-8-15)23(19,20)16-5-6-17(21-4)14(3)11-16/h5-6,11,13,15H,7-10,12H2,1-4H3. The summed E-state index contributed by atoms with van der Waals surface area (Å²) in [5, 5.41) is 0. The average Bonchev–Trinajstić information content (AvgIpc) is 2.53.